The summed E-state index contributed by atoms with van der Waals surface area (Å²) in [6.45, 7) is 15.9. The Hall–Kier alpha value is 0.186. The van der Waals surface area contributed by atoms with Crippen LogP contribution in [0.5, 0.6) is 0 Å². The third kappa shape index (κ3) is 8.47. The van der Waals surface area contributed by atoms with Gasteiger partial charge in [-0.05, 0) is 0 Å². The number of hydrogen-bond donors (Lipinski definition) is 0. The first-order valence-electron chi connectivity index (χ1n) is 11.0. The van der Waals surface area contributed by atoms with Gasteiger partial charge in [-0.1, -0.05) is 0 Å². The van der Waals surface area contributed by atoms with Gasteiger partial charge in [0, 0.05) is 0 Å². The molecule has 0 aromatic carbocycles. The van der Waals surface area contributed by atoms with E-state index in [-0.39, 0.29) is 0 Å². The van der Waals surface area contributed by atoms with Crippen molar-refractivity contribution in [2.24, 2.45) is 0 Å². The van der Waals surface area contributed by atoms with E-state index >= 15 is 0 Å². The Kier molecular flexibility index (Phi) is 11.7. The van der Waals surface area contributed by atoms with Crippen molar-refractivity contribution in [2.45, 2.75) is 105 Å². The van der Waals surface area contributed by atoms with Gasteiger partial charge < -0.3 is 0 Å². The van der Waals surface area contributed by atoms with Crippen LogP contribution in [0, 0.1) is 0 Å². The molecule has 1 aromatic heterocycles. The second-order valence-corrected chi connectivity index (χ2v) is 27.9. The number of unbranched alkanes of at least 4 members (excludes halogenated alkanes) is 3. The summed E-state index contributed by atoms with van der Waals surface area (Å²) in [5.74, 6) is 0. The summed E-state index contributed by atoms with van der Waals surface area (Å²) in [4.78, 5) is 4.58. The first-order chi connectivity index (χ1) is 12.4. The maximum absolute atomic E-state index is 6.09. The van der Waals surface area contributed by atoms with E-state index in [4.69, 9.17) is 4.74 Å². The molecule has 0 aliphatic rings. The molecule has 0 amide bonds. The number of nitrogens with zero attached hydrogens (tertiary/aromatic N) is 2. The van der Waals surface area contributed by atoms with E-state index < -0.39 is 26.5 Å². The summed E-state index contributed by atoms with van der Waals surface area (Å²) in [5, 5.41) is 0. The zero-order valence-corrected chi connectivity index (χ0v) is 22.3. The molecule has 0 saturated carbocycles. The van der Waals surface area contributed by atoms with E-state index in [1.807, 2.05) is 6.33 Å². The number of aromatic nitrogens is 2. The maximum atomic E-state index is 6.09. The van der Waals surface area contributed by atoms with Crippen LogP contribution in [0.4, 0.5) is 0 Å². The fourth-order valence-corrected chi connectivity index (χ4v) is 20.7. The molecule has 0 N–H and O–H groups in total. The normalized spacial score (nSPS) is 12.7. The molecule has 0 bridgehead atoms. The molecule has 0 spiro atoms. The summed E-state index contributed by atoms with van der Waals surface area (Å²) < 4.78 is 14.6. The van der Waals surface area contributed by atoms with Crippen LogP contribution in [-0.2, 0) is 11.5 Å². The number of imidazole rings is 1. The van der Waals surface area contributed by atoms with Gasteiger partial charge in [0.2, 0.25) is 0 Å². The zero-order chi connectivity index (χ0) is 19.5. The van der Waals surface area contributed by atoms with E-state index in [1.54, 1.807) is 3.71 Å². The molecule has 0 radical (unpaired) electrons. The zero-order valence-electron chi connectivity index (χ0n) is 18.4. The topological polar surface area (TPSA) is 27.1 Å². The Morgan fingerprint density at radius 2 is 1.50 bits per heavy atom. The van der Waals surface area contributed by atoms with Crippen molar-refractivity contribution in [3.63, 3.8) is 0 Å². The average Bonchev–Trinajstić information content (AvgIpc) is 3.07. The molecule has 0 atom stereocenters. The van der Waals surface area contributed by atoms with E-state index in [2.05, 4.69) is 56.2 Å². The van der Waals surface area contributed by atoms with Gasteiger partial charge in [-0.25, -0.2) is 0 Å². The van der Waals surface area contributed by atoms with Gasteiger partial charge >= 0.3 is 169 Å². The van der Waals surface area contributed by atoms with E-state index in [9.17, 15) is 0 Å². The van der Waals surface area contributed by atoms with E-state index in [1.165, 1.54) is 57.9 Å². The number of rotatable bonds is 15. The Labute approximate surface area is 168 Å². The standard InChI is InChI=1S/C9H17N2OSi.3C4H9.Sn/c1-13(2,3)7-6-12-9-11-5-4-10-8-11;3*1-3-4-2;/h4,8H,6-7,9H2,1-3H3;3*1,3-4H2,2H3;. The van der Waals surface area contributed by atoms with Crippen molar-refractivity contribution in [1.82, 2.24) is 9.55 Å². The molecule has 1 heterocycles. The quantitative estimate of drug-likeness (QED) is 0.216. The van der Waals surface area contributed by atoms with Gasteiger partial charge in [0.1, 0.15) is 0 Å². The van der Waals surface area contributed by atoms with Crippen LogP contribution in [0.25, 0.3) is 0 Å². The SMILES string of the molecule is CCC[CH2][Sn]([CH2]CCC)([CH2]CCC)[c]1cncn1COCC[Si](C)(C)C. The molecule has 26 heavy (non-hydrogen) atoms. The van der Waals surface area contributed by atoms with Gasteiger partial charge in [0.25, 0.3) is 0 Å². The minimum absolute atomic E-state index is 0.711. The molecule has 0 fully saturated rings. The van der Waals surface area contributed by atoms with Crippen molar-refractivity contribution in [3.05, 3.63) is 12.5 Å². The number of ether oxygens (including phenoxy) is 1. The summed E-state index contributed by atoms with van der Waals surface area (Å²) >= 11 is -2.40. The predicted molar refractivity (Wildman–Crippen MR) is 121 cm³/mol. The van der Waals surface area contributed by atoms with Crippen LogP contribution in [0.1, 0.15) is 59.3 Å². The summed E-state index contributed by atoms with van der Waals surface area (Å²) in [7, 11) is -1.02. The van der Waals surface area contributed by atoms with Gasteiger partial charge in [-0.3, -0.25) is 0 Å². The third-order valence-electron chi connectivity index (χ3n) is 5.51. The molecule has 3 nitrogen and oxygen atoms in total. The first kappa shape index (κ1) is 24.2. The Morgan fingerprint density at radius 1 is 0.962 bits per heavy atom. The summed E-state index contributed by atoms with van der Waals surface area (Å²) in [5.41, 5.74) is 0. The molecular weight excluding hydrogens is 443 g/mol. The Bertz CT molecular complexity index is 463. The van der Waals surface area contributed by atoms with Crippen LogP contribution >= 0.6 is 0 Å². The Balaban J connectivity index is 2.92. The molecule has 5 heteroatoms. The second kappa shape index (κ2) is 12.6. The van der Waals surface area contributed by atoms with Crippen LogP contribution in [0.3, 0.4) is 0 Å². The molecule has 1 rings (SSSR count). The van der Waals surface area contributed by atoms with E-state index in [0.29, 0.717) is 6.73 Å². The van der Waals surface area contributed by atoms with Gasteiger partial charge in [0.15, 0.2) is 0 Å². The first-order valence-corrected chi connectivity index (χ1v) is 22.2. The van der Waals surface area contributed by atoms with Crippen LogP contribution in [0.15, 0.2) is 12.5 Å². The third-order valence-corrected chi connectivity index (χ3v) is 22.7. The van der Waals surface area contributed by atoms with Gasteiger partial charge in [-0.2, -0.15) is 0 Å². The van der Waals surface area contributed by atoms with Crippen molar-refractivity contribution in [1.29, 1.82) is 0 Å². The summed E-state index contributed by atoms with van der Waals surface area (Å²) in [6, 6.07) is 1.24. The molecule has 0 aliphatic carbocycles. The average molecular weight is 487 g/mol. The van der Waals surface area contributed by atoms with Crippen molar-refractivity contribution in [3.8, 4) is 0 Å². The van der Waals surface area contributed by atoms with Crippen LogP contribution in [-0.4, -0.2) is 42.6 Å². The van der Waals surface area contributed by atoms with Crippen molar-refractivity contribution >= 4 is 30.2 Å². The molecule has 1 aromatic rings. The molecule has 0 unspecified atom stereocenters. The molecule has 0 aliphatic heterocycles. The fraction of sp³-hybridized carbons (Fsp3) is 0.857. The monoisotopic (exact) mass is 488 g/mol. The summed E-state index contributed by atoms with van der Waals surface area (Å²) in [6.07, 6.45) is 12.4. The molecular formula is C21H44N2OSiSn. The van der Waals surface area contributed by atoms with Crippen LogP contribution in [0.2, 0.25) is 39.0 Å². The predicted octanol–water partition coefficient (Wildman–Crippen LogP) is 6.25. The van der Waals surface area contributed by atoms with Crippen molar-refractivity contribution < 1.29 is 4.74 Å². The van der Waals surface area contributed by atoms with Gasteiger partial charge in [-0.15, -0.1) is 0 Å². The van der Waals surface area contributed by atoms with Gasteiger partial charge in [0.05, 0.1) is 0 Å². The van der Waals surface area contributed by atoms with E-state index in [0.717, 1.165) is 6.61 Å². The van der Waals surface area contributed by atoms with Crippen LogP contribution < -0.4 is 3.71 Å². The fourth-order valence-electron chi connectivity index (χ4n) is 3.71. The minimum atomic E-state index is -2.40. The second-order valence-electron chi connectivity index (χ2n) is 9.19. The van der Waals surface area contributed by atoms with Crippen molar-refractivity contribution in [2.75, 3.05) is 6.61 Å². The molecule has 152 valence electrons. The number of hydrogen-bond acceptors (Lipinski definition) is 2. The Morgan fingerprint density at radius 3 is 1.96 bits per heavy atom. The molecule has 0 saturated heterocycles.